The van der Waals surface area contributed by atoms with Crippen LogP contribution in [0.15, 0.2) is 273 Å². The Morgan fingerprint density at radius 1 is 0.220 bits per heavy atom. The molecule has 0 nitrogen and oxygen atoms in total. The molecule has 0 atom stereocenters. The summed E-state index contributed by atoms with van der Waals surface area (Å²) in [6.07, 6.45) is 0. The van der Waals surface area contributed by atoms with Gasteiger partial charge in [0.2, 0.25) is 0 Å². The minimum absolute atomic E-state index is 0. The Labute approximate surface area is 375 Å². The van der Waals surface area contributed by atoms with E-state index in [1.165, 1.54) is 47.7 Å². The van der Waals surface area contributed by atoms with Crippen molar-refractivity contribution in [3.63, 3.8) is 0 Å². The first kappa shape index (κ1) is 45.3. The zero-order valence-electron chi connectivity index (χ0n) is 32.6. The molecule has 0 aromatic heterocycles. The predicted octanol–water partition coefficient (Wildman–Crippen LogP) is 7.31. The third-order valence-corrected chi connectivity index (χ3v) is 16.9. The summed E-state index contributed by atoms with van der Waals surface area (Å²) in [5.74, 6) is 0. The summed E-state index contributed by atoms with van der Waals surface area (Å²) in [6, 6.07) is 97.1. The van der Waals surface area contributed by atoms with Crippen LogP contribution in [0.3, 0.4) is 0 Å². The summed E-state index contributed by atoms with van der Waals surface area (Å²) < 4.78 is 0. The van der Waals surface area contributed by atoms with Crippen LogP contribution in [-0.2, 0) is 19.5 Å². The Balaban J connectivity index is 0.000000194. The summed E-state index contributed by atoms with van der Waals surface area (Å²) in [5, 5.41) is 12.7. The molecule has 59 heavy (non-hydrogen) atoms. The van der Waals surface area contributed by atoms with E-state index in [1.807, 2.05) is 0 Å². The molecule has 0 spiro atoms. The van der Waals surface area contributed by atoms with Crippen molar-refractivity contribution in [2.75, 3.05) is 0 Å². The molecule has 293 valence electrons. The molecular formula is C54H48ClP3Ru+. The average molecular weight is 926 g/mol. The first-order valence-electron chi connectivity index (χ1n) is 19.3. The van der Waals surface area contributed by atoms with Crippen LogP contribution >= 0.6 is 23.8 Å². The van der Waals surface area contributed by atoms with Gasteiger partial charge >= 0.3 is 19.5 Å². The van der Waals surface area contributed by atoms with Gasteiger partial charge in [-0.2, -0.15) is 0 Å². The van der Waals surface area contributed by atoms with Gasteiger partial charge < -0.3 is 12.4 Å². The largest absolute Gasteiger partial charge is 1.00 e. The molecule has 0 saturated heterocycles. The second kappa shape index (κ2) is 25.0. The number of hydrogen-bond acceptors (Lipinski definition) is 0. The summed E-state index contributed by atoms with van der Waals surface area (Å²) in [7, 11) is -1.77. The van der Waals surface area contributed by atoms with Crippen LogP contribution in [0.4, 0.5) is 0 Å². The van der Waals surface area contributed by atoms with Crippen molar-refractivity contribution in [1.82, 2.24) is 0 Å². The van der Waals surface area contributed by atoms with E-state index in [1.54, 1.807) is 0 Å². The van der Waals surface area contributed by atoms with Crippen LogP contribution in [0.5, 0.6) is 0 Å². The number of halogens is 1. The van der Waals surface area contributed by atoms with E-state index in [2.05, 4.69) is 273 Å². The van der Waals surface area contributed by atoms with E-state index in [-0.39, 0.29) is 33.3 Å². The van der Waals surface area contributed by atoms with Crippen molar-refractivity contribution in [3.05, 3.63) is 273 Å². The molecule has 0 N–H and O–H groups in total. The van der Waals surface area contributed by atoms with Crippen LogP contribution in [0.25, 0.3) is 0 Å². The van der Waals surface area contributed by atoms with Gasteiger partial charge in [0.05, 0.1) is 7.92 Å². The second-order valence-electron chi connectivity index (χ2n) is 13.2. The molecule has 0 aliphatic heterocycles. The summed E-state index contributed by atoms with van der Waals surface area (Å²) in [5.41, 5.74) is 0. The fraction of sp³-hybridized carbons (Fsp3) is 0. The van der Waals surface area contributed by atoms with Crippen molar-refractivity contribution in [2.24, 2.45) is 0 Å². The quantitative estimate of drug-likeness (QED) is 0.105. The summed E-state index contributed by atoms with van der Waals surface area (Å²) >= 11 is 0. The van der Waals surface area contributed by atoms with E-state index in [4.69, 9.17) is 0 Å². The molecule has 9 aromatic rings. The normalized spacial score (nSPS) is 10.2. The summed E-state index contributed by atoms with van der Waals surface area (Å²) in [6.45, 7) is 0. The maximum Gasteiger partial charge on any atom is 1.00 e. The van der Waals surface area contributed by atoms with E-state index in [0.717, 1.165) is 0 Å². The molecule has 0 bridgehead atoms. The SMILES string of the molecule is [Cl-].[HH].[Ru+].c1ccc(P(c2ccccc2)c2ccccc2)cc1.c1ccc(P(c2ccccc2)c2ccccc2)cc1.c1ccc([PH+](c2ccccc2)c2ccccc2)cc1. The Hall–Kier alpha value is -4.82. The van der Waals surface area contributed by atoms with Crippen molar-refractivity contribution >= 4 is 71.5 Å². The zero-order chi connectivity index (χ0) is 38.7. The minimum atomic E-state index is -0.877. The fourth-order valence-corrected chi connectivity index (χ4v) is 13.9. The Morgan fingerprint density at radius 3 is 0.508 bits per heavy atom. The molecule has 0 aliphatic carbocycles. The van der Waals surface area contributed by atoms with E-state index < -0.39 is 23.8 Å². The van der Waals surface area contributed by atoms with Crippen LogP contribution in [0, 0.1) is 0 Å². The smallest absolute Gasteiger partial charge is 1.00 e. The van der Waals surface area contributed by atoms with Crippen molar-refractivity contribution in [2.45, 2.75) is 0 Å². The van der Waals surface area contributed by atoms with Gasteiger partial charge in [-0.05, 0) is 84.1 Å². The number of benzene rings is 9. The maximum absolute atomic E-state index is 2.24. The monoisotopic (exact) mass is 926 g/mol. The van der Waals surface area contributed by atoms with Gasteiger partial charge in [0.15, 0.2) is 0 Å². The van der Waals surface area contributed by atoms with Gasteiger partial charge in [0.1, 0.15) is 15.9 Å². The fourth-order valence-electron chi connectivity index (χ4n) is 6.67. The molecule has 0 unspecified atom stereocenters. The summed E-state index contributed by atoms with van der Waals surface area (Å²) in [4.78, 5) is 0. The predicted molar refractivity (Wildman–Crippen MR) is 259 cm³/mol. The zero-order valence-corrected chi connectivity index (χ0v) is 37.9. The van der Waals surface area contributed by atoms with Gasteiger partial charge in [-0.15, -0.1) is 0 Å². The molecule has 1 radical (unpaired) electrons. The van der Waals surface area contributed by atoms with Gasteiger partial charge in [0.25, 0.3) is 0 Å². The second-order valence-corrected chi connectivity index (χ2v) is 20.1. The van der Waals surface area contributed by atoms with E-state index in [9.17, 15) is 0 Å². The molecule has 9 rings (SSSR count). The molecule has 9 aromatic carbocycles. The van der Waals surface area contributed by atoms with Gasteiger partial charge in [-0.3, -0.25) is 0 Å². The molecule has 5 heteroatoms. The Bertz CT molecular complexity index is 1870. The third kappa shape index (κ3) is 13.1. The number of rotatable bonds is 9. The first-order chi connectivity index (χ1) is 28.3. The first-order valence-corrected chi connectivity index (χ1v) is 23.5. The van der Waals surface area contributed by atoms with Crippen molar-refractivity contribution in [3.8, 4) is 0 Å². The Morgan fingerprint density at radius 2 is 0.356 bits per heavy atom. The van der Waals surface area contributed by atoms with Crippen molar-refractivity contribution < 1.29 is 33.3 Å². The topological polar surface area (TPSA) is 0 Å². The van der Waals surface area contributed by atoms with Gasteiger partial charge in [-0.1, -0.05) is 237 Å². The standard InChI is InChI=1S/3C18H15P.ClH.Ru.H2/c3*1-4-10-16(11-5-1)19(17-12-6-2-7-13-17)18-14-8-3-9-15-18;;;/h3*1-15H;1H;;1H/q;;;;+1;. The molecule has 0 saturated carbocycles. The van der Waals surface area contributed by atoms with Crippen LogP contribution in [0.2, 0.25) is 0 Å². The van der Waals surface area contributed by atoms with Gasteiger partial charge in [-0.25, -0.2) is 0 Å². The molecule has 0 heterocycles. The van der Waals surface area contributed by atoms with Crippen LogP contribution in [0.1, 0.15) is 1.43 Å². The molecular weight excluding hydrogens is 878 g/mol. The third-order valence-electron chi connectivity index (χ3n) is 9.27. The molecule has 0 fully saturated rings. The average Bonchev–Trinajstić information content (AvgIpc) is 3.30. The van der Waals surface area contributed by atoms with Crippen molar-refractivity contribution in [1.29, 1.82) is 0 Å². The maximum atomic E-state index is 2.24. The molecule has 0 aliphatic rings. The van der Waals surface area contributed by atoms with Crippen LogP contribution in [-0.4, -0.2) is 0 Å². The van der Waals surface area contributed by atoms with E-state index in [0.29, 0.717) is 0 Å². The number of hydrogen-bond donors (Lipinski definition) is 0. The molecule has 0 amide bonds. The Kier molecular flexibility index (Phi) is 19.1. The van der Waals surface area contributed by atoms with Crippen LogP contribution < -0.4 is 60.1 Å². The van der Waals surface area contributed by atoms with E-state index >= 15 is 0 Å². The van der Waals surface area contributed by atoms with Gasteiger partial charge in [0, 0.05) is 1.43 Å². The minimum Gasteiger partial charge on any atom is -1.00 e.